The molecule has 3 aromatic rings. The average Bonchev–Trinajstić information content (AvgIpc) is 3.03. The molecule has 0 radical (unpaired) electrons. The van der Waals surface area contributed by atoms with Crippen LogP contribution in [0.1, 0.15) is 16.1 Å². The molecule has 1 N–H and O–H groups in total. The number of aromatic amines is 1. The van der Waals surface area contributed by atoms with E-state index in [4.69, 9.17) is 4.74 Å². The number of rotatable bonds is 3. The van der Waals surface area contributed by atoms with Crippen LogP contribution in [0.5, 0.6) is 0 Å². The molecule has 1 aromatic carbocycles. The minimum absolute atomic E-state index is 0.215. The van der Waals surface area contributed by atoms with Crippen LogP contribution < -0.4 is 0 Å². The standard InChI is InChI=1S/C13H12N4O2/c1-17-6-2-3-12(17)13(18)19-8-9-4-5-10-11(7-9)15-16-14-10/h2-7H,8H2,1H3,(H,14,15,16). The van der Waals surface area contributed by atoms with E-state index >= 15 is 0 Å². The molecule has 0 atom stereocenters. The summed E-state index contributed by atoms with van der Waals surface area (Å²) in [7, 11) is 1.80. The van der Waals surface area contributed by atoms with Gasteiger partial charge in [0.2, 0.25) is 0 Å². The van der Waals surface area contributed by atoms with E-state index in [1.54, 1.807) is 29.9 Å². The maximum absolute atomic E-state index is 11.8. The van der Waals surface area contributed by atoms with Crippen molar-refractivity contribution in [2.24, 2.45) is 7.05 Å². The number of hydrogen-bond acceptors (Lipinski definition) is 4. The van der Waals surface area contributed by atoms with Crippen LogP contribution in [0.15, 0.2) is 36.5 Å². The number of aryl methyl sites for hydroxylation is 1. The van der Waals surface area contributed by atoms with Crippen molar-refractivity contribution in [3.63, 3.8) is 0 Å². The predicted molar refractivity (Wildman–Crippen MR) is 68.4 cm³/mol. The van der Waals surface area contributed by atoms with E-state index in [2.05, 4.69) is 15.4 Å². The van der Waals surface area contributed by atoms with Crippen LogP contribution in [0.4, 0.5) is 0 Å². The van der Waals surface area contributed by atoms with Crippen LogP contribution in [0, 0.1) is 0 Å². The van der Waals surface area contributed by atoms with E-state index in [0.29, 0.717) is 5.69 Å². The number of carbonyl (C=O) groups is 1. The molecule has 19 heavy (non-hydrogen) atoms. The van der Waals surface area contributed by atoms with Crippen molar-refractivity contribution < 1.29 is 9.53 Å². The highest BCUT2D eigenvalue weighted by atomic mass is 16.5. The lowest BCUT2D eigenvalue weighted by atomic mass is 10.2. The zero-order valence-electron chi connectivity index (χ0n) is 10.3. The van der Waals surface area contributed by atoms with Crippen LogP contribution in [-0.2, 0) is 18.4 Å². The van der Waals surface area contributed by atoms with Crippen molar-refractivity contribution in [2.45, 2.75) is 6.61 Å². The van der Waals surface area contributed by atoms with Gasteiger partial charge in [-0.05, 0) is 29.8 Å². The minimum atomic E-state index is -0.340. The number of ether oxygens (including phenoxy) is 1. The van der Waals surface area contributed by atoms with Gasteiger partial charge in [0.1, 0.15) is 23.3 Å². The normalized spacial score (nSPS) is 10.8. The molecular formula is C13H12N4O2. The quantitative estimate of drug-likeness (QED) is 0.723. The van der Waals surface area contributed by atoms with Crippen LogP contribution in [-0.4, -0.2) is 25.9 Å². The van der Waals surface area contributed by atoms with Crippen molar-refractivity contribution in [3.05, 3.63) is 47.8 Å². The van der Waals surface area contributed by atoms with Gasteiger partial charge in [-0.25, -0.2) is 4.79 Å². The van der Waals surface area contributed by atoms with Crippen molar-refractivity contribution in [3.8, 4) is 0 Å². The molecule has 0 aliphatic rings. The summed E-state index contributed by atoms with van der Waals surface area (Å²) in [6.07, 6.45) is 1.80. The van der Waals surface area contributed by atoms with Crippen molar-refractivity contribution >= 4 is 17.0 Å². The summed E-state index contributed by atoms with van der Waals surface area (Å²) in [5.41, 5.74) is 2.96. The van der Waals surface area contributed by atoms with E-state index in [1.807, 2.05) is 18.2 Å². The Morgan fingerprint density at radius 3 is 2.95 bits per heavy atom. The molecule has 0 fully saturated rings. The third-order valence-electron chi connectivity index (χ3n) is 2.90. The number of H-pyrrole nitrogens is 1. The summed E-state index contributed by atoms with van der Waals surface area (Å²) >= 11 is 0. The fraction of sp³-hybridized carbons (Fsp3) is 0.154. The molecule has 0 aliphatic heterocycles. The zero-order chi connectivity index (χ0) is 13.2. The molecule has 2 heterocycles. The summed E-state index contributed by atoms with van der Waals surface area (Å²) in [5, 5.41) is 10.5. The molecule has 6 heteroatoms. The van der Waals surface area contributed by atoms with Gasteiger partial charge in [0, 0.05) is 13.2 Å². The van der Waals surface area contributed by atoms with Crippen LogP contribution in [0.2, 0.25) is 0 Å². The summed E-state index contributed by atoms with van der Waals surface area (Å²) < 4.78 is 6.99. The Hall–Kier alpha value is -2.63. The molecule has 0 bridgehead atoms. The number of aromatic nitrogens is 4. The van der Waals surface area contributed by atoms with Crippen molar-refractivity contribution in [2.75, 3.05) is 0 Å². The molecule has 3 rings (SSSR count). The largest absolute Gasteiger partial charge is 0.456 e. The number of fused-ring (bicyclic) bond motifs is 1. The molecule has 0 saturated heterocycles. The Labute approximate surface area is 109 Å². The number of benzene rings is 1. The Morgan fingerprint density at radius 1 is 1.32 bits per heavy atom. The number of esters is 1. The molecule has 0 amide bonds. The maximum atomic E-state index is 11.8. The second-order valence-corrected chi connectivity index (χ2v) is 4.23. The SMILES string of the molecule is Cn1cccc1C(=O)OCc1ccc2n[nH]nc2c1. The number of hydrogen-bond donors (Lipinski definition) is 1. The highest BCUT2D eigenvalue weighted by Gasteiger charge is 2.10. The third kappa shape index (κ3) is 2.20. The fourth-order valence-electron chi connectivity index (χ4n) is 1.87. The first-order valence-corrected chi connectivity index (χ1v) is 5.82. The number of carbonyl (C=O) groups excluding carboxylic acids is 1. The first-order valence-electron chi connectivity index (χ1n) is 5.82. The lowest BCUT2D eigenvalue weighted by Crippen LogP contribution is -2.09. The Kier molecular flexibility index (Phi) is 2.75. The van der Waals surface area contributed by atoms with Crippen LogP contribution in [0.25, 0.3) is 11.0 Å². The topological polar surface area (TPSA) is 72.8 Å². The van der Waals surface area contributed by atoms with Crippen molar-refractivity contribution in [1.29, 1.82) is 0 Å². The first kappa shape index (κ1) is 11.5. The van der Waals surface area contributed by atoms with Gasteiger partial charge in [-0.1, -0.05) is 6.07 Å². The maximum Gasteiger partial charge on any atom is 0.355 e. The fourth-order valence-corrected chi connectivity index (χ4v) is 1.87. The Balaban J connectivity index is 1.72. The third-order valence-corrected chi connectivity index (χ3v) is 2.90. The molecular weight excluding hydrogens is 244 g/mol. The van der Waals surface area contributed by atoms with E-state index in [1.165, 1.54) is 0 Å². The van der Waals surface area contributed by atoms with E-state index in [-0.39, 0.29) is 12.6 Å². The van der Waals surface area contributed by atoms with Gasteiger partial charge >= 0.3 is 5.97 Å². The smallest absolute Gasteiger partial charge is 0.355 e. The molecule has 96 valence electrons. The highest BCUT2D eigenvalue weighted by molar-refractivity contribution is 5.87. The molecule has 0 spiro atoms. The van der Waals surface area contributed by atoms with E-state index in [9.17, 15) is 4.79 Å². The van der Waals surface area contributed by atoms with Gasteiger partial charge in [-0.2, -0.15) is 15.4 Å². The summed E-state index contributed by atoms with van der Waals surface area (Å²) in [6.45, 7) is 0.215. The molecule has 0 aliphatic carbocycles. The van der Waals surface area contributed by atoms with Crippen molar-refractivity contribution in [1.82, 2.24) is 20.0 Å². The minimum Gasteiger partial charge on any atom is -0.456 e. The van der Waals surface area contributed by atoms with Gasteiger partial charge in [0.25, 0.3) is 0 Å². The number of nitrogens with zero attached hydrogens (tertiary/aromatic N) is 3. The highest BCUT2D eigenvalue weighted by Crippen LogP contribution is 2.12. The summed E-state index contributed by atoms with van der Waals surface area (Å²) in [6, 6.07) is 9.08. The lowest BCUT2D eigenvalue weighted by molar-refractivity contribution is 0.0461. The van der Waals surface area contributed by atoms with Gasteiger partial charge in [-0.15, -0.1) is 0 Å². The van der Waals surface area contributed by atoms with Gasteiger partial charge in [-0.3, -0.25) is 0 Å². The van der Waals surface area contributed by atoms with Crippen LogP contribution in [0.3, 0.4) is 0 Å². The zero-order valence-corrected chi connectivity index (χ0v) is 10.3. The average molecular weight is 256 g/mol. The monoisotopic (exact) mass is 256 g/mol. The Bertz CT molecular complexity index is 729. The molecule has 2 aromatic heterocycles. The lowest BCUT2D eigenvalue weighted by Gasteiger charge is -2.05. The summed E-state index contributed by atoms with van der Waals surface area (Å²) in [5.74, 6) is -0.340. The molecule has 6 nitrogen and oxygen atoms in total. The van der Waals surface area contributed by atoms with Gasteiger partial charge in [0.05, 0.1) is 0 Å². The second kappa shape index (κ2) is 4.56. The number of nitrogens with one attached hydrogen (secondary N) is 1. The van der Waals surface area contributed by atoms with Gasteiger partial charge in [0.15, 0.2) is 0 Å². The second-order valence-electron chi connectivity index (χ2n) is 4.23. The first-order chi connectivity index (χ1) is 9.24. The van der Waals surface area contributed by atoms with Gasteiger partial charge < -0.3 is 9.30 Å². The van der Waals surface area contributed by atoms with Crippen LogP contribution >= 0.6 is 0 Å². The van der Waals surface area contributed by atoms with E-state index in [0.717, 1.165) is 16.6 Å². The summed E-state index contributed by atoms with van der Waals surface area (Å²) in [4.78, 5) is 11.8. The van der Waals surface area contributed by atoms with E-state index < -0.39 is 0 Å². The molecule has 0 unspecified atom stereocenters. The predicted octanol–water partition coefficient (Wildman–Crippen LogP) is 1.65. The molecule has 0 saturated carbocycles. The Morgan fingerprint density at radius 2 is 2.16 bits per heavy atom.